The number of nitrogen functional groups attached to an aromatic ring is 1. The van der Waals surface area contributed by atoms with Crippen molar-refractivity contribution in [2.45, 2.75) is 17.4 Å². The first-order valence-electron chi connectivity index (χ1n) is 5.98. The summed E-state index contributed by atoms with van der Waals surface area (Å²) < 4.78 is 0. The van der Waals surface area contributed by atoms with Crippen LogP contribution in [-0.2, 0) is 6.42 Å². The summed E-state index contributed by atoms with van der Waals surface area (Å²) in [6.07, 6.45) is 2.49. The van der Waals surface area contributed by atoms with E-state index in [9.17, 15) is 0 Å². The average molecular weight is 294 g/mol. The monoisotopic (exact) mass is 293 g/mol. The molecule has 1 atom stereocenters. The van der Waals surface area contributed by atoms with Crippen LogP contribution >= 0.6 is 23.4 Å². The zero-order chi connectivity index (χ0) is 13.7. The molecular weight excluding hydrogens is 278 g/mol. The third-order valence-corrected chi connectivity index (χ3v) is 4.34. The van der Waals surface area contributed by atoms with Gasteiger partial charge in [-0.2, -0.15) is 0 Å². The van der Waals surface area contributed by atoms with Crippen molar-refractivity contribution in [1.29, 1.82) is 0 Å². The van der Waals surface area contributed by atoms with E-state index < -0.39 is 0 Å². The van der Waals surface area contributed by atoms with Crippen molar-refractivity contribution in [1.82, 2.24) is 4.98 Å². The minimum absolute atomic E-state index is 0.0584. The van der Waals surface area contributed by atoms with Crippen LogP contribution in [-0.4, -0.2) is 16.8 Å². The van der Waals surface area contributed by atoms with E-state index in [0.717, 1.165) is 27.7 Å². The summed E-state index contributed by atoms with van der Waals surface area (Å²) in [4.78, 5) is 5.03. The van der Waals surface area contributed by atoms with E-state index in [2.05, 4.69) is 4.98 Å². The first kappa shape index (κ1) is 14.2. The number of anilines is 1. The molecule has 0 bridgehead atoms. The highest BCUT2D eigenvalue weighted by atomic mass is 35.5. The molecule has 0 saturated heterocycles. The third kappa shape index (κ3) is 4.42. The van der Waals surface area contributed by atoms with Gasteiger partial charge in [-0.15, -0.1) is 11.8 Å². The van der Waals surface area contributed by atoms with Crippen molar-refractivity contribution in [2.24, 2.45) is 5.73 Å². The van der Waals surface area contributed by atoms with E-state index >= 15 is 0 Å². The summed E-state index contributed by atoms with van der Waals surface area (Å²) in [5.41, 5.74) is 12.9. The van der Waals surface area contributed by atoms with Crippen LogP contribution in [0.4, 0.5) is 5.82 Å². The van der Waals surface area contributed by atoms with Crippen molar-refractivity contribution in [2.75, 3.05) is 11.5 Å². The fourth-order valence-electron chi connectivity index (χ4n) is 1.74. The molecule has 2 rings (SSSR count). The normalized spacial score (nSPS) is 12.3. The van der Waals surface area contributed by atoms with Crippen molar-refractivity contribution in [3.05, 3.63) is 53.2 Å². The molecule has 2 aromatic rings. The van der Waals surface area contributed by atoms with Crippen LogP contribution in [0.2, 0.25) is 5.02 Å². The molecule has 0 aliphatic heterocycles. The molecule has 19 heavy (non-hydrogen) atoms. The van der Waals surface area contributed by atoms with Gasteiger partial charge in [0.15, 0.2) is 0 Å². The van der Waals surface area contributed by atoms with Gasteiger partial charge in [0.1, 0.15) is 5.82 Å². The van der Waals surface area contributed by atoms with Crippen LogP contribution < -0.4 is 11.5 Å². The number of rotatable bonds is 5. The molecule has 1 heterocycles. The molecule has 0 fully saturated rings. The SMILES string of the molecule is Nc1cc(CC(N)CSc2ccccc2Cl)ccn1. The van der Waals surface area contributed by atoms with E-state index in [0.29, 0.717) is 5.82 Å². The van der Waals surface area contributed by atoms with E-state index in [1.54, 1.807) is 18.0 Å². The molecule has 0 aliphatic carbocycles. The number of benzene rings is 1. The van der Waals surface area contributed by atoms with Gasteiger partial charge in [0.05, 0.1) is 5.02 Å². The Morgan fingerprint density at radius 2 is 2.05 bits per heavy atom. The smallest absolute Gasteiger partial charge is 0.123 e. The molecule has 3 nitrogen and oxygen atoms in total. The standard InChI is InChI=1S/C14H16ClN3S/c15-12-3-1-2-4-13(12)19-9-11(16)7-10-5-6-18-14(17)8-10/h1-6,8,11H,7,9,16H2,(H2,17,18). The van der Waals surface area contributed by atoms with Crippen molar-refractivity contribution in [3.63, 3.8) is 0 Å². The maximum Gasteiger partial charge on any atom is 0.123 e. The highest BCUT2D eigenvalue weighted by Crippen LogP contribution is 2.27. The Morgan fingerprint density at radius 1 is 1.26 bits per heavy atom. The lowest BCUT2D eigenvalue weighted by molar-refractivity contribution is 0.748. The van der Waals surface area contributed by atoms with Gasteiger partial charge in [-0.3, -0.25) is 0 Å². The van der Waals surface area contributed by atoms with Crippen LogP contribution in [0, 0.1) is 0 Å². The molecule has 0 aliphatic rings. The highest BCUT2D eigenvalue weighted by Gasteiger charge is 2.07. The van der Waals surface area contributed by atoms with Gasteiger partial charge >= 0.3 is 0 Å². The van der Waals surface area contributed by atoms with Crippen molar-refractivity contribution in [3.8, 4) is 0 Å². The minimum Gasteiger partial charge on any atom is -0.384 e. The number of halogens is 1. The number of nitrogens with zero attached hydrogens (tertiary/aromatic N) is 1. The Kier molecular flexibility index (Phi) is 5.07. The summed E-state index contributed by atoms with van der Waals surface area (Å²) in [6.45, 7) is 0. The second kappa shape index (κ2) is 6.80. The average Bonchev–Trinajstić information content (AvgIpc) is 2.38. The Bertz CT molecular complexity index is 548. The summed E-state index contributed by atoms with van der Waals surface area (Å²) >= 11 is 7.78. The van der Waals surface area contributed by atoms with E-state index in [4.69, 9.17) is 23.1 Å². The number of aromatic nitrogens is 1. The zero-order valence-electron chi connectivity index (χ0n) is 10.4. The lowest BCUT2D eigenvalue weighted by Gasteiger charge is -2.12. The highest BCUT2D eigenvalue weighted by molar-refractivity contribution is 7.99. The first-order chi connectivity index (χ1) is 9.15. The second-order valence-electron chi connectivity index (χ2n) is 4.29. The zero-order valence-corrected chi connectivity index (χ0v) is 12.0. The summed E-state index contributed by atoms with van der Waals surface area (Å²) in [5.74, 6) is 1.34. The number of hydrogen-bond acceptors (Lipinski definition) is 4. The molecule has 0 spiro atoms. The number of nitrogens with two attached hydrogens (primary N) is 2. The van der Waals surface area contributed by atoms with Crippen LogP contribution in [0.1, 0.15) is 5.56 Å². The largest absolute Gasteiger partial charge is 0.384 e. The predicted octanol–water partition coefficient (Wildman–Crippen LogP) is 2.98. The summed E-state index contributed by atoms with van der Waals surface area (Å²) in [5, 5.41) is 0.771. The summed E-state index contributed by atoms with van der Waals surface area (Å²) in [6, 6.07) is 11.7. The van der Waals surface area contributed by atoms with Crippen molar-refractivity contribution < 1.29 is 0 Å². The molecule has 5 heteroatoms. The van der Waals surface area contributed by atoms with E-state index in [1.165, 1.54) is 0 Å². The summed E-state index contributed by atoms with van der Waals surface area (Å²) in [7, 11) is 0. The van der Waals surface area contributed by atoms with Gasteiger partial charge in [-0.05, 0) is 36.2 Å². The Hall–Kier alpha value is -1.23. The topological polar surface area (TPSA) is 64.9 Å². The van der Waals surface area contributed by atoms with Crippen LogP contribution in [0.15, 0.2) is 47.5 Å². The lowest BCUT2D eigenvalue weighted by Crippen LogP contribution is -2.25. The molecule has 1 aromatic carbocycles. The van der Waals surface area contributed by atoms with E-state index in [-0.39, 0.29) is 6.04 Å². The van der Waals surface area contributed by atoms with Gasteiger partial charge < -0.3 is 11.5 Å². The van der Waals surface area contributed by atoms with Gasteiger partial charge in [0.2, 0.25) is 0 Å². The molecule has 0 radical (unpaired) electrons. The molecular formula is C14H16ClN3S. The molecule has 1 unspecified atom stereocenters. The quantitative estimate of drug-likeness (QED) is 0.832. The second-order valence-corrected chi connectivity index (χ2v) is 5.76. The fraction of sp³-hybridized carbons (Fsp3) is 0.214. The Labute approximate surface area is 122 Å². The Balaban J connectivity index is 1.88. The molecule has 0 amide bonds. The van der Waals surface area contributed by atoms with Gasteiger partial charge in [-0.1, -0.05) is 23.7 Å². The lowest BCUT2D eigenvalue weighted by atomic mass is 10.1. The van der Waals surface area contributed by atoms with Crippen molar-refractivity contribution >= 4 is 29.2 Å². The fourth-order valence-corrected chi connectivity index (χ4v) is 2.93. The maximum atomic E-state index is 6.13. The third-order valence-electron chi connectivity index (χ3n) is 2.63. The minimum atomic E-state index is 0.0584. The molecule has 100 valence electrons. The maximum absolute atomic E-state index is 6.13. The Morgan fingerprint density at radius 3 is 2.79 bits per heavy atom. The number of thioether (sulfide) groups is 1. The van der Waals surface area contributed by atoms with Crippen LogP contribution in [0.3, 0.4) is 0 Å². The van der Waals surface area contributed by atoms with Gasteiger partial charge in [-0.25, -0.2) is 4.98 Å². The number of pyridine rings is 1. The first-order valence-corrected chi connectivity index (χ1v) is 7.35. The van der Waals surface area contributed by atoms with Gasteiger partial charge in [0, 0.05) is 22.9 Å². The molecule has 1 aromatic heterocycles. The molecule has 0 saturated carbocycles. The van der Waals surface area contributed by atoms with Crippen LogP contribution in [0.25, 0.3) is 0 Å². The molecule has 4 N–H and O–H groups in total. The number of hydrogen-bond donors (Lipinski definition) is 2. The predicted molar refractivity (Wildman–Crippen MR) is 82.5 cm³/mol. The van der Waals surface area contributed by atoms with Gasteiger partial charge in [0.25, 0.3) is 0 Å². The van der Waals surface area contributed by atoms with Crippen LogP contribution in [0.5, 0.6) is 0 Å². The van der Waals surface area contributed by atoms with E-state index in [1.807, 2.05) is 36.4 Å².